The molecule has 1 amide bonds. The molecule has 0 spiro atoms. The number of allylic oxidation sites excluding steroid dienone is 2. The van der Waals surface area contributed by atoms with E-state index in [1.807, 2.05) is 13.0 Å². The van der Waals surface area contributed by atoms with Crippen molar-refractivity contribution < 1.29 is 4.79 Å². The molecular weight excluding hydrogens is 510 g/mol. The van der Waals surface area contributed by atoms with Gasteiger partial charge in [-0.3, -0.25) is 4.79 Å². The summed E-state index contributed by atoms with van der Waals surface area (Å²) < 4.78 is 0. The van der Waals surface area contributed by atoms with E-state index in [0.29, 0.717) is 16.5 Å². The van der Waals surface area contributed by atoms with Gasteiger partial charge in [-0.15, -0.1) is 16.2 Å². The van der Waals surface area contributed by atoms with Gasteiger partial charge in [-0.2, -0.15) is 4.99 Å². The van der Waals surface area contributed by atoms with Gasteiger partial charge in [-0.25, -0.2) is 0 Å². The van der Waals surface area contributed by atoms with Gasteiger partial charge in [-0.05, 0) is 128 Å². The largest absolute Gasteiger partial charge is 0.351 e. The highest BCUT2D eigenvalue weighted by atomic mass is 32.2. The molecule has 7 heteroatoms. The number of hydrogen-bond donors (Lipinski definition) is 0. The number of amides is 1. The van der Waals surface area contributed by atoms with Crippen molar-refractivity contribution in [1.29, 1.82) is 0 Å². The Morgan fingerprint density at radius 1 is 1.18 bits per heavy atom. The highest BCUT2D eigenvalue weighted by Crippen LogP contribution is 2.46. The number of nitrogens with zero attached hydrogens (tertiary/aromatic N) is 3. The number of aliphatic imine (C=N–C) groups is 1. The van der Waals surface area contributed by atoms with Crippen LogP contribution in [0.25, 0.3) is 16.5 Å². The molecule has 202 valence electrons. The third-order valence-electron chi connectivity index (χ3n) is 8.00. The maximum atomic E-state index is 12.6. The summed E-state index contributed by atoms with van der Waals surface area (Å²) in [4.78, 5) is 34.0. The minimum absolute atomic E-state index is 0.108. The fourth-order valence-corrected chi connectivity index (χ4v) is 7.72. The Morgan fingerprint density at radius 3 is 2.58 bits per heavy atom. The fourth-order valence-electron chi connectivity index (χ4n) is 5.75. The van der Waals surface area contributed by atoms with Crippen LogP contribution in [0, 0.1) is 17.7 Å². The van der Waals surface area contributed by atoms with Crippen LogP contribution in [-0.2, 0) is 10.2 Å². The predicted octanol–water partition coefficient (Wildman–Crippen LogP) is 9.24. The molecule has 1 saturated heterocycles. The summed E-state index contributed by atoms with van der Waals surface area (Å²) >= 11 is 3.15. The van der Waals surface area contributed by atoms with Gasteiger partial charge in [0, 0.05) is 22.8 Å². The molecule has 1 fully saturated rings. The average Bonchev–Trinajstić information content (AvgIpc) is 3.68. The van der Waals surface area contributed by atoms with Gasteiger partial charge in [0.05, 0.1) is 4.91 Å². The van der Waals surface area contributed by atoms with E-state index < -0.39 is 0 Å². The van der Waals surface area contributed by atoms with Crippen molar-refractivity contribution >= 4 is 45.9 Å². The molecule has 3 heterocycles. The highest BCUT2D eigenvalue weighted by Gasteiger charge is 2.34. The van der Waals surface area contributed by atoms with Crippen molar-refractivity contribution in [3.05, 3.63) is 62.2 Å². The van der Waals surface area contributed by atoms with E-state index >= 15 is 0 Å². The number of aryl methyl sites for hydroxylation is 1. The van der Waals surface area contributed by atoms with Crippen LogP contribution < -0.4 is 0 Å². The molecule has 38 heavy (non-hydrogen) atoms. The zero-order valence-corrected chi connectivity index (χ0v) is 24.9. The number of benzene rings is 1. The Bertz CT molecular complexity index is 1260. The third kappa shape index (κ3) is 6.04. The van der Waals surface area contributed by atoms with E-state index in [1.54, 1.807) is 11.3 Å². The average molecular weight is 550 g/mol. The molecule has 1 unspecified atom stereocenters. The predicted molar refractivity (Wildman–Crippen MR) is 164 cm³/mol. The lowest BCUT2D eigenvalue weighted by Crippen LogP contribution is -2.27. The summed E-state index contributed by atoms with van der Waals surface area (Å²) in [6.45, 7) is 12.8. The lowest BCUT2D eigenvalue weighted by atomic mass is 9.68. The summed E-state index contributed by atoms with van der Waals surface area (Å²) in [5.74, 6) is 0.359. The lowest BCUT2D eigenvalue weighted by Gasteiger charge is -2.36. The first-order valence-electron chi connectivity index (χ1n) is 13.8. The fraction of sp³-hybridized carbons (Fsp3) is 0.484. The van der Waals surface area contributed by atoms with E-state index in [4.69, 9.17) is 0 Å². The number of rotatable bonds is 10. The number of thiophene rings is 1. The topological polar surface area (TPSA) is 62.1 Å². The Hall–Kier alpha value is -2.51. The van der Waals surface area contributed by atoms with Gasteiger partial charge in [-0.1, -0.05) is 32.9 Å². The van der Waals surface area contributed by atoms with Crippen molar-refractivity contribution in [1.82, 2.24) is 4.90 Å². The smallest absolute Gasteiger partial charge is 0.286 e. The van der Waals surface area contributed by atoms with E-state index in [2.05, 4.69) is 79.2 Å². The maximum absolute atomic E-state index is 12.6. The second-order valence-corrected chi connectivity index (χ2v) is 12.7. The molecular formula is C31H39N3O2S2. The van der Waals surface area contributed by atoms with Crippen molar-refractivity contribution in [2.45, 2.75) is 78.6 Å². The Labute approximate surface area is 235 Å². The summed E-state index contributed by atoms with van der Waals surface area (Å²) in [7, 11) is 0. The van der Waals surface area contributed by atoms with Crippen molar-refractivity contribution in [2.75, 3.05) is 13.1 Å². The van der Waals surface area contributed by atoms with Gasteiger partial charge in [0.2, 0.25) is 0 Å². The van der Waals surface area contributed by atoms with Gasteiger partial charge in [0.15, 0.2) is 5.17 Å². The Balaban J connectivity index is 1.64. The number of thioether (sulfide) groups is 1. The number of nitroso groups, excluding NO2 is 1. The monoisotopic (exact) mass is 549 g/mol. The number of carbonyl (C=O) groups excluding carboxylic acids is 1. The molecule has 0 bridgehead atoms. The highest BCUT2D eigenvalue weighted by molar-refractivity contribution is 8.18. The van der Waals surface area contributed by atoms with E-state index in [-0.39, 0.29) is 11.3 Å². The molecule has 4 rings (SSSR count). The van der Waals surface area contributed by atoms with Crippen LogP contribution in [0.3, 0.4) is 0 Å². The van der Waals surface area contributed by atoms with Crippen LogP contribution in [0.4, 0.5) is 5.69 Å². The van der Waals surface area contributed by atoms with Crippen LogP contribution in [-0.4, -0.2) is 29.1 Å². The molecule has 0 aliphatic carbocycles. The second kappa shape index (κ2) is 12.6. The minimum atomic E-state index is -0.144. The van der Waals surface area contributed by atoms with Crippen molar-refractivity contribution in [2.24, 2.45) is 16.1 Å². The van der Waals surface area contributed by atoms with Crippen LogP contribution in [0.2, 0.25) is 0 Å². The molecule has 1 aromatic carbocycles. The van der Waals surface area contributed by atoms with E-state index in [1.165, 1.54) is 11.8 Å². The zero-order valence-electron chi connectivity index (χ0n) is 23.3. The molecule has 2 aromatic rings. The maximum Gasteiger partial charge on any atom is 0.286 e. The minimum Gasteiger partial charge on any atom is -0.351 e. The molecule has 2 aliphatic rings. The number of amidine groups is 1. The van der Waals surface area contributed by atoms with Crippen LogP contribution in [0.1, 0.15) is 82.2 Å². The molecule has 2 aliphatic heterocycles. The first kappa shape index (κ1) is 28.5. The van der Waals surface area contributed by atoms with Gasteiger partial charge < -0.3 is 4.90 Å². The van der Waals surface area contributed by atoms with Gasteiger partial charge in [0.1, 0.15) is 5.69 Å². The van der Waals surface area contributed by atoms with Gasteiger partial charge in [0.25, 0.3) is 5.91 Å². The molecule has 0 N–H and O–H groups in total. The number of carbonyl (C=O) groups is 1. The van der Waals surface area contributed by atoms with Crippen LogP contribution in [0.5, 0.6) is 0 Å². The van der Waals surface area contributed by atoms with Crippen molar-refractivity contribution in [3.8, 4) is 10.4 Å². The summed E-state index contributed by atoms with van der Waals surface area (Å²) in [6.07, 6.45) is 12.6. The summed E-state index contributed by atoms with van der Waals surface area (Å²) in [5.41, 5.74) is 3.57. The molecule has 5 nitrogen and oxygen atoms in total. The summed E-state index contributed by atoms with van der Waals surface area (Å²) in [6, 6.07) is 8.46. The Morgan fingerprint density at radius 2 is 1.92 bits per heavy atom. The summed E-state index contributed by atoms with van der Waals surface area (Å²) in [5, 5.41) is 4.37. The molecule has 0 radical (unpaired) electrons. The molecule has 1 atom stereocenters. The number of likely N-dealkylation sites (tertiary alicyclic amines) is 1. The first-order valence-corrected chi connectivity index (χ1v) is 15.4. The van der Waals surface area contributed by atoms with Crippen molar-refractivity contribution in [3.63, 3.8) is 0 Å². The Kier molecular flexibility index (Phi) is 9.42. The quantitative estimate of drug-likeness (QED) is 0.168. The first-order chi connectivity index (χ1) is 18.3. The van der Waals surface area contributed by atoms with Crippen LogP contribution >= 0.6 is 23.1 Å². The normalized spacial score (nSPS) is 18.1. The van der Waals surface area contributed by atoms with Gasteiger partial charge >= 0.3 is 0 Å². The zero-order chi connectivity index (χ0) is 27.3. The third-order valence-corrected chi connectivity index (χ3v) is 10.1. The lowest BCUT2D eigenvalue weighted by molar-refractivity contribution is -0.113. The van der Waals surface area contributed by atoms with E-state index in [0.717, 1.165) is 83.2 Å². The standard InChI is InChI=1S/C31H39N3O2S2/c1-6-9-12-21(4)20-31(7-2,8-3)25-18-23(17-22(5)28(25)33-36)26-14-13-24(37-26)19-27-29(35)32-30(38-27)34-15-10-11-16-34/h6,9,13-14,17-19,21H,7-8,10-12,15-16,20H2,1-5H3/b9-6?,27-19-. The van der Waals surface area contributed by atoms with E-state index in [9.17, 15) is 9.70 Å². The second-order valence-electron chi connectivity index (χ2n) is 10.6. The molecule has 1 aromatic heterocycles. The number of hydrogen-bond acceptors (Lipinski definition) is 6. The molecule has 0 saturated carbocycles. The SMILES string of the molecule is CC=CCC(C)CC(CC)(CC)c1cc(-c2ccc(/C=C3\SC(N4CCCC4)=NC3=O)s2)cc(C)c1N=O. The van der Waals surface area contributed by atoms with Crippen LogP contribution in [0.15, 0.2) is 51.5 Å².